The molecule has 8 heteroatoms. The molecule has 0 saturated heterocycles. The van der Waals surface area contributed by atoms with Gasteiger partial charge in [-0.2, -0.15) is 5.10 Å². The minimum absolute atomic E-state index is 0.0340. The molecule has 1 aromatic heterocycles. The number of nitrogen functional groups attached to an aromatic ring is 1. The van der Waals surface area contributed by atoms with Crippen molar-refractivity contribution in [3.63, 3.8) is 0 Å². The number of phenols is 1. The molecule has 0 radical (unpaired) electrons. The van der Waals surface area contributed by atoms with E-state index in [1.165, 1.54) is 6.07 Å². The number of nitrogens with zero attached hydrogens (tertiary/aromatic N) is 2. The zero-order valence-electron chi connectivity index (χ0n) is 14.4. The van der Waals surface area contributed by atoms with E-state index < -0.39 is 0 Å². The van der Waals surface area contributed by atoms with Gasteiger partial charge in [-0.05, 0) is 36.8 Å². The first-order valence-electron chi connectivity index (χ1n) is 7.98. The summed E-state index contributed by atoms with van der Waals surface area (Å²) in [5.74, 6) is 1.06. The van der Waals surface area contributed by atoms with Crippen LogP contribution in [0.1, 0.15) is 18.9 Å². The van der Waals surface area contributed by atoms with Crippen LogP contribution >= 0.6 is 12.2 Å². The van der Waals surface area contributed by atoms with Crippen LogP contribution in [0.2, 0.25) is 0 Å². The van der Waals surface area contributed by atoms with Crippen molar-refractivity contribution in [3.8, 4) is 28.6 Å². The van der Waals surface area contributed by atoms with Gasteiger partial charge in [0.2, 0.25) is 0 Å². The first kappa shape index (κ1) is 17.7. The normalized spacial score (nSPS) is 10.7. The molecule has 0 bridgehead atoms. The molecule has 26 heavy (non-hydrogen) atoms. The van der Waals surface area contributed by atoms with Gasteiger partial charge in [0.25, 0.3) is 0 Å². The van der Waals surface area contributed by atoms with E-state index in [1.54, 1.807) is 17.7 Å². The third-order valence-electron chi connectivity index (χ3n) is 4.07. The highest BCUT2D eigenvalue weighted by Crippen LogP contribution is 2.34. The molecule has 1 heterocycles. The van der Waals surface area contributed by atoms with Gasteiger partial charge in [-0.3, -0.25) is 9.67 Å². The fraction of sp³-hybridized carbons (Fsp3) is 0.167. The van der Waals surface area contributed by atoms with Gasteiger partial charge in [0, 0.05) is 29.1 Å². The number of ether oxygens (including phenoxy) is 1. The number of H-pyrrole nitrogens is 1. The Kier molecular flexibility index (Phi) is 4.77. The number of phenolic OH excluding ortho intramolecular Hbond substituents is 1. The Balaban J connectivity index is 2.23. The highest BCUT2D eigenvalue weighted by molar-refractivity contribution is 7.71. The van der Waals surface area contributed by atoms with Gasteiger partial charge in [0.15, 0.2) is 10.6 Å². The van der Waals surface area contributed by atoms with Gasteiger partial charge in [-0.15, -0.1) is 0 Å². The lowest BCUT2D eigenvalue weighted by Crippen LogP contribution is -2.04. The van der Waals surface area contributed by atoms with Crippen molar-refractivity contribution in [3.05, 3.63) is 46.7 Å². The second-order valence-corrected chi connectivity index (χ2v) is 6.06. The molecule has 0 aliphatic heterocycles. The molecule has 3 rings (SSSR count). The van der Waals surface area contributed by atoms with Crippen molar-refractivity contribution >= 4 is 23.6 Å². The Labute approximate surface area is 155 Å². The number of benzene rings is 2. The Bertz CT molecular complexity index is 1040. The number of aromatic hydroxyl groups is 1. The second-order valence-electron chi connectivity index (χ2n) is 5.68. The van der Waals surface area contributed by atoms with E-state index in [0.717, 1.165) is 5.69 Å². The van der Waals surface area contributed by atoms with Gasteiger partial charge in [0.1, 0.15) is 11.5 Å². The Hall–Kier alpha value is -3.13. The molecule has 3 aromatic rings. The molecule has 0 amide bonds. The average Bonchev–Trinajstić information content (AvgIpc) is 3.02. The first-order chi connectivity index (χ1) is 12.5. The van der Waals surface area contributed by atoms with Crippen LogP contribution in [0.15, 0.2) is 36.4 Å². The fourth-order valence-corrected chi connectivity index (χ4v) is 2.94. The van der Waals surface area contributed by atoms with E-state index in [1.807, 2.05) is 31.2 Å². The third-order valence-corrected chi connectivity index (χ3v) is 4.35. The molecular weight excluding hydrogens is 350 g/mol. The summed E-state index contributed by atoms with van der Waals surface area (Å²) in [5, 5.41) is 25.5. The van der Waals surface area contributed by atoms with Crippen LogP contribution in [0, 0.1) is 10.2 Å². The number of hydrogen-bond acceptors (Lipinski definition) is 6. The van der Waals surface area contributed by atoms with Crippen LogP contribution in [-0.4, -0.2) is 32.7 Å². The maximum absolute atomic E-state index is 10.4. The lowest BCUT2D eigenvalue weighted by atomic mass is 10.0. The summed E-state index contributed by atoms with van der Waals surface area (Å²) in [6.07, 6.45) is 0.525. The van der Waals surface area contributed by atoms with Crippen molar-refractivity contribution in [2.75, 3.05) is 12.8 Å². The third kappa shape index (κ3) is 3.06. The zero-order valence-corrected chi connectivity index (χ0v) is 15.2. The minimum atomic E-state index is -0.0340. The number of rotatable bonds is 5. The van der Waals surface area contributed by atoms with E-state index >= 15 is 0 Å². The van der Waals surface area contributed by atoms with Gasteiger partial charge < -0.3 is 21.0 Å². The quantitative estimate of drug-likeness (QED) is 0.311. The predicted octanol–water partition coefficient (Wildman–Crippen LogP) is 3.67. The average molecular weight is 369 g/mol. The number of methoxy groups -OCH3 is 1. The van der Waals surface area contributed by atoms with Crippen LogP contribution in [0.4, 0.5) is 5.69 Å². The maximum Gasteiger partial charge on any atom is 0.200 e. The number of aromatic nitrogens is 3. The fourth-order valence-electron chi connectivity index (χ4n) is 2.70. The number of nitrogens with one attached hydrogen (secondary N) is 2. The van der Waals surface area contributed by atoms with Crippen molar-refractivity contribution in [1.82, 2.24) is 14.8 Å². The summed E-state index contributed by atoms with van der Waals surface area (Å²) in [6.45, 7) is 1.88. The molecular formula is C18H19N5O2S. The van der Waals surface area contributed by atoms with Crippen molar-refractivity contribution < 1.29 is 9.84 Å². The van der Waals surface area contributed by atoms with Gasteiger partial charge >= 0.3 is 0 Å². The van der Waals surface area contributed by atoms with Crippen LogP contribution < -0.4 is 10.5 Å². The number of aromatic amines is 1. The van der Waals surface area contributed by atoms with E-state index in [0.29, 0.717) is 45.3 Å². The Morgan fingerprint density at radius 2 is 2.15 bits per heavy atom. The summed E-state index contributed by atoms with van der Waals surface area (Å²) >= 11 is 5.37. The summed E-state index contributed by atoms with van der Waals surface area (Å²) in [5.41, 5.74) is 8.42. The molecule has 0 fully saturated rings. The largest absolute Gasteiger partial charge is 0.507 e. The lowest BCUT2D eigenvalue weighted by Gasteiger charge is -2.13. The Morgan fingerprint density at radius 3 is 2.85 bits per heavy atom. The smallest absolute Gasteiger partial charge is 0.200 e. The molecule has 134 valence electrons. The summed E-state index contributed by atoms with van der Waals surface area (Å²) in [6, 6.07) is 10.4. The monoisotopic (exact) mass is 369 g/mol. The molecule has 0 aliphatic rings. The van der Waals surface area contributed by atoms with Gasteiger partial charge in [-0.1, -0.05) is 13.0 Å². The second kappa shape index (κ2) is 7.01. The maximum atomic E-state index is 10.4. The first-order valence-corrected chi connectivity index (χ1v) is 8.39. The number of anilines is 1. The number of nitrogens with two attached hydrogens (primary N) is 1. The molecule has 0 spiro atoms. The molecule has 0 unspecified atom stereocenters. The van der Waals surface area contributed by atoms with Gasteiger partial charge in [0.05, 0.1) is 18.4 Å². The highest BCUT2D eigenvalue weighted by atomic mass is 32.1. The SMILES string of the molecule is CCC(=N)c1cc(-c2n[nH]c(=S)n2-c2cccc(OC)c2)c(O)cc1N. The topological polar surface area (TPSA) is 113 Å². The predicted molar refractivity (Wildman–Crippen MR) is 104 cm³/mol. The van der Waals surface area contributed by atoms with E-state index in [2.05, 4.69) is 10.2 Å². The van der Waals surface area contributed by atoms with Crippen LogP contribution in [-0.2, 0) is 0 Å². The summed E-state index contributed by atoms with van der Waals surface area (Å²) in [7, 11) is 1.59. The zero-order chi connectivity index (χ0) is 18.8. The highest BCUT2D eigenvalue weighted by Gasteiger charge is 2.18. The lowest BCUT2D eigenvalue weighted by molar-refractivity contribution is 0.414. The molecule has 0 saturated carbocycles. The minimum Gasteiger partial charge on any atom is -0.507 e. The molecule has 5 N–H and O–H groups in total. The summed E-state index contributed by atoms with van der Waals surface area (Å²) in [4.78, 5) is 0. The molecule has 0 aliphatic carbocycles. The standard InChI is InChI=1S/C18H19N5O2S/c1-3-14(19)12-8-13(16(24)9-15(12)20)17-21-22-18(26)23(17)10-5-4-6-11(7-10)25-2/h4-9,19,24H,3,20H2,1-2H3,(H,22,26). The summed E-state index contributed by atoms with van der Waals surface area (Å²) < 4.78 is 7.34. The van der Waals surface area contributed by atoms with Gasteiger partial charge in [-0.25, -0.2) is 0 Å². The molecule has 7 nitrogen and oxygen atoms in total. The van der Waals surface area contributed by atoms with Crippen molar-refractivity contribution in [2.24, 2.45) is 0 Å². The van der Waals surface area contributed by atoms with Crippen molar-refractivity contribution in [2.45, 2.75) is 13.3 Å². The van der Waals surface area contributed by atoms with Crippen LogP contribution in [0.3, 0.4) is 0 Å². The molecule has 2 aromatic carbocycles. The van der Waals surface area contributed by atoms with Crippen LogP contribution in [0.25, 0.3) is 17.1 Å². The van der Waals surface area contributed by atoms with E-state index in [4.69, 9.17) is 28.1 Å². The van der Waals surface area contributed by atoms with E-state index in [9.17, 15) is 5.11 Å². The van der Waals surface area contributed by atoms with E-state index in [-0.39, 0.29) is 5.75 Å². The Morgan fingerprint density at radius 1 is 1.38 bits per heavy atom. The van der Waals surface area contributed by atoms with Crippen molar-refractivity contribution in [1.29, 1.82) is 5.41 Å². The van der Waals surface area contributed by atoms with Crippen LogP contribution in [0.5, 0.6) is 11.5 Å². The molecule has 0 atom stereocenters. The number of hydrogen-bond donors (Lipinski definition) is 4.